The number of hydrogen-bond acceptors (Lipinski definition) is 2. The van der Waals surface area contributed by atoms with Gasteiger partial charge in [0.2, 0.25) is 0 Å². The van der Waals surface area contributed by atoms with Gasteiger partial charge in [-0.1, -0.05) is 66.4 Å². The second-order valence-corrected chi connectivity index (χ2v) is 15.3. The summed E-state index contributed by atoms with van der Waals surface area (Å²) in [7, 11) is 0. The van der Waals surface area contributed by atoms with E-state index in [2.05, 4.69) is 0 Å². The molecule has 0 aliphatic rings. The molecule has 0 bridgehead atoms. The fourth-order valence-corrected chi connectivity index (χ4v) is 8.61. The summed E-state index contributed by atoms with van der Waals surface area (Å²) in [5.74, 6) is 0. The lowest BCUT2D eigenvalue weighted by atomic mass is 10.3. The molecule has 0 radical (unpaired) electrons. The monoisotopic (exact) mass is 222 g/mol. The van der Waals surface area contributed by atoms with E-state index in [-0.39, 0.29) is 4.75 Å². The molecule has 0 saturated carbocycles. The van der Waals surface area contributed by atoms with Crippen LogP contribution < -0.4 is 0 Å². The van der Waals surface area contributed by atoms with Crippen LogP contribution in [0.15, 0.2) is 0 Å². The summed E-state index contributed by atoms with van der Waals surface area (Å²) >= 11 is 17.7. The van der Waals surface area contributed by atoms with Crippen LogP contribution in [0, 0.1) is 0 Å². The van der Waals surface area contributed by atoms with Gasteiger partial charge in [0.05, 0.1) is 0 Å². The maximum Gasteiger partial charge on any atom is 0.171 e. The molecule has 0 aromatic heterocycles. The first-order chi connectivity index (χ1) is 3.71. The molecule has 0 amide bonds. The predicted molar refractivity (Wildman–Crippen MR) is 53.3 cm³/mol. The summed E-state index contributed by atoms with van der Waals surface area (Å²) in [6.45, 7) is 6.14. The normalized spacial score (nSPS) is 13.9. The second-order valence-electron chi connectivity index (χ2n) is 2.62. The summed E-state index contributed by atoms with van der Waals surface area (Å²) < 4.78 is -2.01. The quantitative estimate of drug-likeness (QED) is 0.610. The second kappa shape index (κ2) is 3.32. The van der Waals surface area contributed by atoms with Crippen molar-refractivity contribution in [3.63, 3.8) is 0 Å². The van der Waals surface area contributed by atoms with Crippen molar-refractivity contribution in [2.24, 2.45) is 0 Å². The molecule has 0 aliphatic carbocycles. The minimum absolute atomic E-state index is 0.0824. The fourth-order valence-electron chi connectivity index (χ4n) is 0.319. The van der Waals surface area contributed by atoms with E-state index in [1.807, 2.05) is 20.8 Å². The Bertz CT molecular complexity index is 134. The van der Waals surface area contributed by atoms with Gasteiger partial charge in [-0.3, -0.25) is 0 Å². The lowest BCUT2D eigenvalue weighted by molar-refractivity contribution is 0.810. The lowest BCUT2D eigenvalue weighted by Gasteiger charge is -2.19. The third-order valence-corrected chi connectivity index (χ3v) is 5.33. The fraction of sp³-hybridized carbons (Fsp3) is 1.00. The van der Waals surface area contributed by atoms with Crippen molar-refractivity contribution >= 4 is 49.6 Å². The molecular formula is C4H9Cl2PS2. The minimum Gasteiger partial charge on any atom is -0.0888 e. The van der Waals surface area contributed by atoms with Crippen molar-refractivity contribution in [1.29, 1.82) is 0 Å². The molecule has 0 saturated heterocycles. The van der Waals surface area contributed by atoms with E-state index in [1.54, 1.807) is 0 Å². The van der Waals surface area contributed by atoms with Crippen molar-refractivity contribution < 1.29 is 0 Å². The molecule has 0 aliphatic heterocycles. The zero-order chi connectivity index (χ0) is 7.71. The van der Waals surface area contributed by atoms with Crippen molar-refractivity contribution in [1.82, 2.24) is 0 Å². The molecule has 0 atom stereocenters. The van der Waals surface area contributed by atoms with E-state index < -0.39 is 3.95 Å². The minimum atomic E-state index is -2.09. The van der Waals surface area contributed by atoms with Crippen LogP contribution in [-0.2, 0) is 11.8 Å². The first-order valence-corrected chi connectivity index (χ1v) is 8.44. The summed E-state index contributed by atoms with van der Waals surface area (Å²) in [6, 6.07) is 0. The smallest absolute Gasteiger partial charge is 0.0888 e. The molecular weight excluding hydrogens is 214 g/mol. The zero-order valence-corrected chi connectivity index (χ0v) is 9.56. The largest absolute Gasteiger partial charge is 0.171 e. The molecule has 9 heavy (non-hydrogen) atoms. The average Bonchev–Trinajstić information content (AvgIpc) is 1.14. The molecule has 0 fully saturated rings. The highest BCUT2D eigenvalue weighted by atomic mass is 35.9. The third kappa shape index (κ3) is 9.58. The Balaban J connectivity index is 3.90. The molecule has 5 heteroatoms. The van der Waals surface area contributed by atoms with E-state index in [0.29, 0.717) is 0 Å². The Labute approximate surface area is 75.0 Å². The van der Waals surface area contributed by atoms with Crippen LogP contribution in [0.2, 0.25) is 0 Å². The molecule has 0 heterocycles. The van der Waals surface area contributed by atoms with E-state index in [1.165, 1.54) is 11.4 Å². The van der Waals surface area contributed by atoms with Crippen LogP contribution in [0.3, 0.4) is 0 Å². The zero-order valence-electron chi connectivity index (χ0n) is 5.52. The Morgan fingerprint density at radius 2 is 1.67 bits per heavy atom. The summed E-state index contributed by atoms with van der Waals surface area (Å²) in [4.78, 5) is 0. The van der Waals surface area contributed by atoms with Crippen molar-refractivity contribution in [2.75, 3.05) is 0 Å². The lowest BCUT2D eigenvalue weighted by Crippen LogP contribution is -2.04. The summed E-state index contributed by atoms with van der Waals surface area (Å²) in [5, 5.41) is 0. The van der Waals surface area contributed by atoms with Gasteiger partial charge in [0.25, 0.3) is 0 Å². The Hall–Kier alpha value is 1.58. The van der Waals surface area contributed by atoms with Gasteiger partial charge >= 0.3 is 0 Å². The van der Waals surface area contributed by atoms with Crippen molar-refractivity contribution in [3.8, 4) is 0 Å². The SMILES string of the molecule is CC(C)(C)SP(=S)(Cl)Cl. The van der Waals surface area contributed by atoms with E-state index in [9.17, 15) is 0 Å². The van der Waals surface area contributed by atoms with Crippen molar-refractivity contribution in [2.45, 2.75) is 25.5 Å². The third-order valence-electron chi connectivity index (χ3n) is 0.380. The number of rotatable bonds is 1. The summed E-state index contributed by atoms with van der Waals surface area (Å²) in [5.41, 5.74) is 0. The maximum atomic E-state index is 5.67. The first kappa shape index (κ1) is 10.6. The highest BCUT2D eigenvalue weighted by Gasteiger charge is 2.20. The van der Waals surface area contributed by atoms with Gasteiger partial charge in [0.1, 0.15) is 0 Å². The molecule has 0 unspecified atom stereocenters. The van der Waals surface area contributed by atoms with Crippen LogP contribution in [0.5, 0.6) is 0 Å². The Morgan fingerprint density at radius 3 is 1.67 bits per heavy atom. The number of hydrogen-bond donors (Lipinski definition) is 0. The van der Waals surface area contributed by atoms with Gasteiger partial charge in [-0.2, -0.15) is 0 Å². The molecule has 0 nitrogen and oxygen atoms in total. The van der Waals surface area contributed by atoms with Gasteiger partial charge in [-0.25, -0.2) is 0 Å². The van der Waals surface area contributed by atoms with Crippen LogP contribution in [0.4, 0.5) is 0 Å². The molecule has 0 aromatic carbocycles. The first-order valence-electron chi connectivity index (χ1n) is 2.41. The topological polar surface area (TPSA) is 0 Å². The van der Waals surface area contributed by atoms with Crippen LogP contribution in [0.1, 0.15) is 20.8 Å². The average molecular weight is 223 g/mol. The molecule has 0 aromatic rings. The van der Waals surface area contributed by atoms with Gasteiger partial charge in [0.15, 0.2) is 3.95 Å². The van der Waals surface area contributed by atoms with E-state index >= 15 is 0 Å². The molecule has 0 spiro atoms. The van der Waals surface area contributed by atoms with Gasteiger partial charge in [0, 0.05) is 4.75 Å². The number of halogens is 2. The molecule has 0 N–H and O–H groups in total. The van der Waals surface area contributed by atoms with Crippen LogP contribution in [-0.4, -0.2) is 4.75 Å². The summed E-state index contributed by atoms with van der Waals surface area (Å²) in [6.07, 6.45) is 0. The standard InChI is InChI=1S/C4H9Cl2PS2/c1-4(2,3)9-7(5,6)8/h1-3H3. The highest BCUT2D eigenvalue weighted by Crippen LogP contribution is 2.71. The van der Waals surface area contributed by atoms with Gasteiger partial charge in [-0.15, -0.1) is 0 Å². The van der Waals surface area contributed by atoms with Crippen LogP contribution >= 0.6 is 37.8 Å². The van der Waals surface area contributed by atoms with Gasteiger partial charge < -0.3 is 0 Å². The van der Waals surface area contributed by atoms with E-state index in [4.69, 9.17) is 34.3 Å². The highest BCUT2D eigenvalue weighted by molar-refractivity contribution is 8.85. The predicted octanol–water partition coefficient (Wildman–Crippen LogP) is 4.22. The van der Waals surface area contributed by atoms with Crippen molar-refractivity contribution in [3.05, 3.63) is 0 Å². The van der Waals surface area contributed by atoms with Crippen LogP contribution in [0.25, 0.3) is 0 Å². The molecule has 0 rings (SSSR count). The van der Waals surface area contributed by atoms with Gasteiger partial charge in [-0.05, 0) is 0 Å². The van der Waals surface area contributed by atoms with E-state index in [0.717, 1.165) is 0 Å². The Morgan fingerprint density at radius 1 is 1.33 bits per heavy atom. The Kier molecular flexibility index (Phi) is 3.90. The molecule has 56 valence electrons. The maximum absolute atomic E-state index is 5.67.